The lowest BCUT2D eigenvalue weighted by atomic mass is 9.99. The summed E-state index contributed by atoms with van der Waals surface area (Å²) in [6, 6.07) is 16.4. The minimum Gasteiger partial charge on any atom is -0.325 e. The zero-order valence-corrected chi connectivity index (χ0v) is 17.2. The van der Waals surface area contributed by atoms with Crippen LogP contribution in [0.4, 0.5) is 5.69 Å². The molecule has 6 heteroatoms. The summed E-state index contributed by atoms with van der Waals surface area (Å²) in [6.07, 6.45) is 1.88. The van der Waals surface area contributed by atoms with Gasteiger partial charge < -0.3 is 5.32 Å². The third-order valence-corrected chi connectivity index (χ3v) is 5.38. The summed E-state index contributed by atoms with van der Waals surface area (Å²) in [5.74, 6) is 0.217. The highest BCUT2D eigenvalue weighted by molar-refractivity contribution is 7.86. The number of amides is 1. The van der Waals surface area contributed by atoms with Crippen molar-refractivity contribution in [3.63, 3.8) is 0 Å². The number of hydrogen-bond acceptors (Lipinski definition) is 3. The first-order chi connectivity index (χ1) is 12.7. The van der Waals surface area contributed by atoms with Gasteiger partial charge in [0.25, 0.3) is 10.1 Å². The number of carbonyl (C=O) groups excluding carboxylic acids is 1. The molecule has 156 valence electrons. The smallest absolute Gasteiger partial charge is 0.296 e. The maximum atomic E-state index is 11.6. The summed E-state index contributed by atoms with van der Waals surface area (Å²) >= 11 is 0. The molecule has 0 heterocycles. The van der Waals surface area contributed by atoms with E-state index >= 15 is 0 Å². The van der Waals surface area contributed by atoms with Gasteiger partial charge in [0.1, 0.15) is 4.90 Å². The molecule has 0 saturated heterocycles. The largest absolute Gasteiger partial charge is 0.325 e. The molecule has 0 aliphatic carbocycles. The van der Waals surface area contributed by atoms with Crippen molar-refractivity contribution < 1.29 is 17.8 Å². The van der Waals surface area contributed by atoms with Crippen LogP contribution in [0, 0.1) is 5.92 Å². The van der Waals surface area contributed by atoms with Crippen LogP contribution in [-0.2, 0) is 14.9 Å². The molecule has 2 unspecified atom stereocenters. The second-order valence-electron chi connectivity index (χ2n) is 6.49. The lowest BCUT2D eigenvalue weighted by molar-refractivity contribution is -0.119. The molecular weight excluding hydrogens is 374 g/mol. The summed E-state index contributed by atoms with van der Waals surface area (Å²) in [7, 11) is -4.33. The number of benzene rings is 2. The van der Waals surface area contributed by atoms with E-state index in [0.29, 0.717) is 12.3 Å². The molecule has 0 aliphatic rings. The molecule has 0 radical (unpaired) electrons. The topological polar surface area (TPSA) is 83.5 Å². The normalized spacial score (nSPS) is 12.6. The Labute approximate surface area is 169 Å². The van der Waals surface area contributed by atoms with Gasteiger partial charge in [0.15, 0.2) is 0 Å². The van der Waals surface area contributed by atoms with Crippen LogP contribution in [0.15, 0.2) is 59.5 Å². The van der Waals surface area contributed by atoms with Gasteiger partial charge in [-0.25, -0.2) is 0 Å². The fourth-order valence-corrected chi connectivity index (χ4v) is 2.90. The van der Waals surface area contributed by atoms with Gasteiger partial charge in [-0.1, -0.05) is 77.6 Å². The van der Waals surface area contributed by atoms with Crippen LogP contribution >= 0.6 is 0 Å². The zero-order chi connectivity index (χ0) is 20.4. The average molecular weight is 408 g/mol. The van der Waals surface area contributed by atoms with E-state index in [4.69, 9.17) is 4.55 Å². The Bertz CT molecular complexity index is 819. The van der Waals surface area contributed by atoms with Gasteiger partial charge in [-0.3, -0.25) is 9.35 Å². The molecule has 2 aromatic carbocycles. The van der Waals surface area contributed by atoms with Crippen molar-refractivity contribution in [1.29, 1.82) is 0 Å². The second-order valence-corrected chi connectivity index (χ2v) is 7.88. The predicted octanol–water partition coefficient (Wildman–Crippen LogP) is 5.75. The first-order valence-corrected chi connectivity index (χ1v) is 10.6. The molecule has 0 fully saturated rings. The van der Waals surface area contributed by atoms with Gasteiger partial charge >= 0.3 is 0 Å². The fraction of sp³-hybridized carbons (Fsp3) is 0.409. The third-order valence-electron chi connectivity index (χ3n) is 4.46. The summed E-state index contributed by atoms with van der Waals surface area (Å²) in [4.78, 5) is 11.3. The number of anilines is 1. The second kappa shape index (κ2) is 12.3. The van der Waals surface area contributed by atoms with Crippen molar-refractivity contribution in [1.82, 2.24) is 0 Å². The maximum Gasteiger partial charge on any atom is 0.296 e. The Morgan fingerprint density at radius 1 is 0.964 bits per heavy atom. The van der Waals surface area contributed by atoms with E-state index in [1.165, 1.54) is 30.2 Å². The van der Waals surface area contributed by atoms with Crippen molar-refractivity contribution in [3.8, 4) is 0 Å². The summed E-state index contributed by atoms with van der Waals surface area (Å²) in [5.41, 5.74) is 1.55. The Morgan fingerprint density at radius 2 is 1.50 bits per heavy atom. The number of para-hydroxylation sites is 1. The Morgan fingerprint density at radius 3 is 2.00 bits per heavy atom. The lowest BCUT2D eigenvalue weighted by Gasteiger charge is -2.12. The van der Waals surface area contributed by atoms with Crippen LogP contribution in [0.2, 0.25) is 0 Å². The van der Waals surface area contributed by atoms with Crippen LogP contribution in [0.1, 0.15) is 59.4 Å². The molecule has 1 amide bonds. The Kier molecular flexibility index (Phi) is 11.4. The molecule has 0 spiro atoms. The van der Waals surface area contributed by atoms with Crippen LogP contribution in [0.3, 0.4) is 0 Å². The molecular formula is C22H33NO4S. The molecule has 0 aliphatic heterocycles. The lowest BCUT2D eigenvalue weighted by Crippen LogP contribution is -2.21. The van der Waals surface area contributed by atoms with Gasteiger partial charge in [-0.05, 0) is 36.5 Å². The van der Waals surface area contributed by atoms with Crippen LogP contribution < -0.4 is 5.32 Å². The average Bonchev–Trinajstić information content (AvgIpc) is 2.67. The highest BCUT2D eigenvalue weighted by Gasteiger charge is 2.18. The Balaban J connectivity index is 0.000000567. The van der Waals surface area contributed by atoms with Crippen molar-refractivity contribution in [2.75, 3.05) is 5.32 Å². The van der Waals surface area contributed by atoms with Gasteiger partial charge in [-0.15, -0.1) is 0 Å². The first kappa shape index (κ1) is 25.8. The molecule has 2 rings (SSSR count). The summed E-state index contributed by atoms with van der Waals surface area (Å²) in [5, 5.41) is 2.49. The van der Waals surface area contributed by atoms with Crippen molar-refractivity contribution in [2.45, 2.75) is 58.8 Å². The third kappa shape index (κ3) is 8.23. The maximum absolute atomic E-state index is 11.6. The van der Waals surface area contributed by atoms with Gasteiger partial charge in [0.2, 0.25) is 5.91 Å². The van der Waals surface area contributed by atoms with Crippen molar-refractivity contribution in [2.24, 2.45) is 5.92 Å². The highest BCUT2D eigenvalue weighted by atomic mass is 32.2. The zero-order valence-electron chi connectivity index (χ0n) is 16.3. The fourth-order valence-electron chi connectivity index (χ4n) is 2.25. The summed E-state index contributed by atoms with van der Waals surface area (Å²) < 4.78 is 31.2. The SMILES string of the molecule is C.CCC(C)C(=O)Nc1ccccc1S(=O)(=O)O.CCC(C)c1ccccc1. The van der Waals surface area contributed by atoms with E-state index < -0.39 is 10.1 Å². The standard InChI is InChI=1S/C11H15NO4S.C10H14.CH4/c1-3-8(2)11(13)12-9-6-4-5-7-10(9)17(14,15)16;1-3-9(2)10-7-5-4-6-8-10;/h4-8H,3H2,1-2H3,(H,12,13)(H,14,15,16);4-9H,3H2,1-2H3;1H4. The van der Waals surface area contributed by atoms with E-state index in [1.54, 1.807) is 13.0 Å². The molecule has 28 heavy (non-hydrogen) atoms. The van der Waals surface area contributed by atoms with E-state index in [-0.39, 0.29) is 29.8 Å². The van der Waals surface area contributed by atoms with Crippen molar-refractivity contribution in [3.05, 3.63) is 60.2 Å². The van der Waals surface area contributed by atoms with Crippen LogP contribution in [0.5, 0.6) is 0 Å². The van der Waals surface area contributed by atoms with E-state index in [9.17, 15) is 13.2 Å². The number of hydrogen-bond donors (Lipinski definition) is 2. The van der Waals surface area contributed by atoms with Crippen molar-refractivity contribution >= 4 is 21.7 Å². The number of rotatable bonds is 6. The first-order valence-electron chi connectivity index (χ1n) is 9.12. The molecule has 0 saturated carbocycles. The Hall–Kier alpha value is -2.18. The van der Waals surface area contributed by atoms with E-state index in [2.05, 4.69) is 49.5 Å². The minimum absolute atomic E-state index is 0. The molecule has 2 atom stereocenters. The van der Waals surface area contributed by atoms with Crippen LogP contribution in [0.25, 0.3) is 0 Å². The monoisotopic (exact) mass is 407 g/mol. The van der Waals surface area contributed by atoms with Gasteiger partial charge in [0.05, 0.1) is 5.69 Å². The molecule has 5 nitrogen and oxygen atoms in total. The molecule has 0 aromatic heterocycles. The number of carbonyl (C=O) groups is 1. The van der Waals surface area contributed by atoms with E-state index in [0.717, 1.165) is 0 Å². The van der Waals surface area contributed by atoms with E-state index in [1.807, 2.05) is 6.92 Å². The molecule has 2 aromatic rings. The highest BCUT2D eigenvalue weighted by Crippen LogP contribution is 2.21. The molecule has 2 N–H and O–H groups in total. The predicted molar refractivity (Wildman–Crippen MR) is 116 cm³/mol. The quantitative estimate of drug-likeness (QED) is 0.597. The van der Waals surface area contributed by atoms with Gasteiger partial charge in [0, 0.05) is 5.92 Å². The molecule has 0 bridgehead atoms. The minimum atomic E-state index is -4.33. The summed E-state index contributed by atoms with van der Waals surface area (Å²) in [6.45, 7) is 8.08. The van der Waals surface area contributed by atoms with Gasteiger partial charge in [-0.2, -0.15) is 8.42 Å². The van der Waals surface area contributed by atoms with Crippen LogP contribution in [-0.4, -0.2) is 18.9 Å². The number of nitrogens with one attached hydrogen (secondary N) is 1.